The van der Waals surface area contributed by atoms with Gasteiger partial charge in [0, 0.05) is 0 Å². The van der Waals surface area contributed by atoms with Crippen molar-refractivity contribution in [3.63, 3.8) is 0 Å². The van der Waals surface area contributed by atoms with Crippen LogP contribution in [0.3, 0.4) is 0 Å². The maximum Gasteiger partial charge on any atom is 0.273 e. The molecule has 0 N–H and O–H groups in total. The first-order valence-corrected chi connectivity index (χ1v) is 9.83. The molecule has 3 aromatic rings. The third kappa shape index (κ3) is 3.84. The summed E-state index contributed by atoms with van der Waals surface area (Å²) in [6.07, 6.45) is 1.71. The molecule has 1 aromatic heterocycles. The highest BCUT2D eigenvalue weighted by molar-refractivity contribution is 7.07. The lowest BCUT2D eigenvalue weighted by atomic mass is 10.1. The van der Waals surface area contributed by atoms with Crippen LogP contribution in [0.25, 0.3) is 17.3 Å². The third-order valence-electron chi connectivity index (χ3n) is 4.56. The standard InChI is InChI=1S/C23H19N3O3S/c1-14-5-7-18(15(2)9-14)26-22(27)21(30-23(26)17(12-24)13-25)11-16-6-8-19(28-3)20(10-16)29-4/h5-11H,1-4H3/b21-11-. The van der Waals surface area contributed by atoms with Gasteiger partial charge in [-0.2, -0.15) is 10.5 Å². The number of hydrogen-bond acceptors (Lipinski definition) is 6. The van der Waals surface area contributed by atoms with Crippen LogP contribution in [-0.4, -0.2) is 18.8 Å². The van der Waals surface area contributed by atoms with Crippen LogP contribution in [-0.2, 0) is 0 Å². The molecule has 30 heavy (non-hydrogen) atoms. The Hall–Kier alpha value is -3.81. The lowest BCUT2D eigenvalue weighted by Gasteiger charge is -2.07. The molecule has 150 valence electrons. The Balaban J connectivity index is 2.36. The minimum Gasteiger partial charge on any atom is -0.493 e. The number of hydrogen-bond donors (Lipinski definition) is 0. The molecule has 0 bridgehead atoms. The molecule has 0 unspecified atom stereocenters. The molecule has 3 rings (SSSR count). The van der Waals surface area contributed by atoms with Crippen molar-refractivity contribution in [3.8, 4) is 29.3 Å². The van der Waals surface area contributed by atoms with Gasteiger partial charge in [0.05, 0.1) is 24.4 Å². The number of benzene rings is 2. The summed E-state index contributed by atoms with van der Waals surface area (Å²) in [6.45, 7) is 3.86. The predicted molar refractivity (Wildman–Crippen MR) is 116 cm³/mol. The summed E-state index contributed by atoms with van der Waals surface area (Å²) in [5, 5.41) is 18.8. The Morgan fingerprint density at radius 2 is 1.73 bits per heavy atom. The second-order valence-corrected chi connectivity index (χ2v) is 7.59. The lowest BCUT2D eigenvalue weighted by molar-refractivity contribution is 0.355. The molecule has 0 radical (unpaired) electrons. The minimum atomic E-state index is -0.292. The minimum absolute atomic E-state index is 0.107. The first-order valence-electron chi connectivity index (χ1n) is 9.01. The summed E-state index contributed by atoms with van der Waals surface area (Å²) in [6, 6.07) is 14.8. The number of nitrogens with zero attached hydrogens (tertiary/aromatic N) is 3. The lowest BCUT2D eigenvalue weighted by Crippen LogP contribution is -2.31. The van der Waals surface area contributed by atoms with Crippen molar-refractivity contribution in [2.24, 2.45) is 0 Å². The smallest absolute Gasteiger partial charge is 0.273 e. The van der Waals surface area contributed by atoms with Crippen LogP contribution in [0, 0.1) is 36.5 Å². The first-order chi connectivity index (χ1) is 14.4. The van der Waals surface area contributed by atoms with Gasteiger partial charge in [-0.25, -0.2) is 0 Å². The molecule has 0 saturated heterocycles. The Morgan fingerprint density at radius 1 is 1.03 bits per heavy atom. The molecule has 0 saturated carbocycles. The average molecular weight is 417 g/mol. The molecule has 6 nitrogen and oxygen atoms in total. The van der Waals surface area contributed by atoms with E-state index in [1.54, 1.807) is 38.5 Å². The van der Waals surface area contributed by atoms with Crippen molar-refractivity contribution >= 4 is 23.0 Å². The summed E-state index contributed by atoms with van der Waals surface area (Å²) in [4.78, 5) is 13.3. The monoisotopic (exact) mass is 417 g/mol. The van der Waals surface area contributed by atoms with E-state index in [1.165, 1.54) is 4.57 Å². The fourth-order valence-electron chi connectivity index (χ4n) is 3.14. The molecule has 2 aromatic carbocycles. The van der Waals surface area contributed by atoms with Gasteiger partial charge in [-0.3, -0.25) is 9.36 Å². The molecule has 1 heterocycles. The summed E-state index contributed by atoms with van der Waals surface area (Å²) in [5.74, 6) is 1.12. The zero-order chi connectivity index (χ0) is 21.8. The number of ether oxygens (including phenoxy) is 2. The van der Waals surface area contributed by atoms with Gasteiger partial charge in [0.1, 0.15) is 16.8 Å². The number of methoxy groups -OCH3 is 2. The summed E-state index contributed by atoms with van der Waals surface area (Å²) < 4.78 is 12.7. The van der Waals surface area contributed by atoms with Crippen LogP contribution in [0.1, 0.15) is 16.7 Å². The molecular formula is C23H19N3O3S. The maximum atomic E-state index is 13.3. The van der Waals surface area contributed by atoms with Crippen molar-refractivity contribution in [1.82, 2.24) is 4.57 Å². The fraction of sp³-hybridized carbons (Fsp3) is 0.174. The van der Waals surface area contributed by atoms with Gasteiger partial charge in [0.15, 0.2) is 17.1 Å². The van der Waals surface area contributed by atoms with Gasteiger partial charge in [-0.05, 0) is 49.2 Å². The largest absolute Gasteiger partial charge is 0.493 e. The van der Waals surface area contributed by atoms with Crippen molar-refractivity contribution in [2.75, 3.05) is 14.2 Å². The summed E-state index contributed by atoms with van der Waals surface area (Å²) in [5.41, 5.74) is 2.92. The van der Waals surface area contributed by atoms with Gasteiger partial charge in [-0.1, -0.05) is 23.8 Å². The predicted octanol–water partition coefficient (Wildman–Crippen LogP) is 2.56. The van der Waals surface area contributed by atoms with Crippen molar-refractivity contribution in [1.29, 1.82) is 10.5 Å². The highest BCUT2D eigenvalue weighted by atomic mass is 32.1. The Morgan fingerprint density at radius 3 is 2.33 bits per heavy atom. The Bertz CT molecular complexity index is 1370. The van der Waals surface area contributed by atoms with Crippen LogP contribution in [0.4, 0.5) is 0 Å². The third-order valence-corrected chi connectivity index (χ3v) is 5.65. The molecule has 0 atom stereocenters. The first kappa shape index (κ1) is 20.9. The van der Waals surface area contributed by atoms with E-state index >= 15 is 0 Å². The van der Waals surface area contributed by atoms with Crippen molar-refractivity contribution in [3.05, 3.63) is 72.6 Å². The summed E-state index contributed by atoms with van der Waals surface area (Å²) >= 11 is 1.11. The number of aromatic nitrogens is 1. The molecule has 0 amide bonds. The zero-order valence-electron chi connectivity index (χ0n) is 17.0. The van der Waals surface area contributed by atoms with E-state index in [0.717, 1.165) is 28.0 Å². The molecule has 7 heteroatoms. The van der Waals surface area contributed by atoms with E-state index in [9.17, 15) is 15.3 Å². The van der Waals surface area contributed by atoms with Gasteiger partial charge < -0.3 is 9.47 Å². The maximum absolute atomic E-state index is 13.3. The SMILES string of the molecule is COc1ccc(/C=c2\sc(=C(C#N)C#N)n(-c3ccc(C)cc3C)c2=O)cc1OC. The summed E-state index contributed by atoms with van der Waals surface area (Å²) in [7, 11) is 3.09. The zero-order valence-corrected chi connectivity index (χ0v) is 17.8. The van der Waals surface area contributed by atoms with E-state index in [4.69, 9.17) is 9.47 Å². The number of rotatable bonds is 4. The number of aryl methyl sites for hydroxylation is 2. The molecular weight excluding hydrogens is 398 g/mol. The van der Waals surface area contributed by atoms with Gasteiger partial charge in [0.2, 0.25) is 0 Å². The van der Waals surface area contributed by atoms with E-state index in [-0.39, 0.29) is 11.1 Å². The molecule has 0 aliphatic heterocycles. The van der Waals surface area contributed by atoms with Crippen LogP contribution in [0.5, 0.6) is 11.5 Å². The van der Waals surface area contributed by atoms with E-state index in [1.807, 2.05) is 44.2 Å². The van der Waals surface area contributed by atoms with Crippen LogP contribution >= 0.6 is 11.3 Å². The normalized spacial score (nSPS) is 10.9. The van der Waals surface area contributed by atoms with E-state index in [0.29, 0.717) is 26.4 Å². The van der Waals surface area contributed by atoms with Gasteiger partial charge >= 0.3 is 0 Å². The van der Waals surface area contributed by atoms with Gasteiger partial charge in [0.25, 0.3) is 5.56 Å². The van der Waals surface area contributed by atoms with Crippen molar-refractivity contribution < 1.29 is 9.47 Å². The molecule has 0 aliphatic rings. The molecule has 0 spiro atoms. The van der Waals surface area contributed by atoms with Crippen LogP contribution < -0.4 is 24.2 Å². The molecule has 0 fully saturated rings. The second kappa shape index (κ2) is 8.69. The number of nitriles is 2. The highest BCUT2D eigenvalue weighted by Gasteiger charge is 2.13. The Kier molecular flexibility index (Phi) is 6.06. The second-order valence-electron chi connectivity index (χ2n) is 6.56. The van der Waals surface area contributed by atoms with E-state index in [2.05, 4.69) is 0 Å². The Labute approximate surface area is 177 Å². The van der Waals surface area contributed by atoms with E-state index < -0.39 is 0 Å². The highest BCUT2D eigenvalue weighted by Crippen LogP contribution is 2.27. The fourth-order valence-corrected chi connectivity index (χ4v) is 4.19. The molecule has 0 aliphatic carbocycles. The topological polar surface area (TPSA) is 88.0 Å². The van der Waals surface area contributed by atoms with Crippen LogP contribution in [0.2, 0.25) is 0 Å². The van der Waals surface area contributed by atoms with Crippen LogP contribution in [0.15, 0.2) is 41.2 Å². The van der Waals surface area contributed by atoms with Gasteiger partial charge in [-0.15, -0.1) is 11.3 Å². The quantitative estimate of drug-likeness (QED) is 0.651. The number of thiazole rings is 1. The van der Waals surface area contributed by atoms with Crippen molar-refractivity contribution in [2.45, 2.75) is 13.8 Å². The average Bonchev–Trinajstić information content (AvgIpc) is 3.05.